The number of nitrogens with zero attached hydrogens (tertiary/aromatic N) is 3. The number of fused-ring (bicyclic) bond motifs is 1. The molecule has 0 amide bonds. The van der Waals surface area contributed by atoms with Crippen molar-refractivity contribution in [3.63, 3.8) is 0 Å². The fourth-order valence-corrected chi connectivity index (χ4v) is 1.78. The second-order valence-corrected chi connectivity index (χ2v) is 4.01. The summed E-state index contributed by atoms with van der Waals surface area (Å²) in [4.78, 5) is 3.58. The topological polar surface area (TPSA) is 30.7 Å². The minimum absolute atomic E-state index is 0.221. The van der Waals surface area contributed by atoms with Gasteiger partial charge in [-0.2, -0.15) is 18.3 Å². The van der Waals surface area contributed by atoms with Gasteiger partial charge in [0.25, 0.3) is 0 Å². The standard InChI is InChI=1S/C13H8F3N3/c14-13(15,16)12-7-6-10-11(17-12)8-19(18-10)9-4-2-1-3-5-9/h1-8H. The molecule has 0 bridgehead atoms. The molecule has 0 aliphatic heterocycles. The Hall–Kier alpha value is -2.37. The van der Waals surface area contributed by atoms with Gasteiger partial charge in [0.15, 0.2) is 0 Å². The van der Waals surface area contributed by atoms with Crippen LogP contribution in [0.25, 0.3) is 16.7 Å². The van der Waals surface area contributed by atoms with Gasteiger partial charge in [-0.05, 0) is 24.3 Å². The van der Waals surface area contributed by atoms with Crippen LogP contribution in [0.15, 0.2) is 48.7 Å². The number of para-hydroxylation sites is 1. The molecule has 0 unspecified atom stereocenters. The fraction of sp³-hybridized carbons (Fsp3) is 0.0769. The number of benzene rings is 1. The molecule has 6 heteroatoms. The van der Waals surface area contributed by atoms with E-state index in [-0.39, 0.29) is 5.52 Å². The van der Waals surface area contributed by atoms with E-state index in [0.717, 1.165) is 11.8 Å². The Morgan fingerprint density at radius 1 is 0.895 bits per heavy atom. The monoisotopic (exact) mass is 263 g/mol. The van der Waals surface area contributed by atoms with Gasteiger partial charge in [-0.15, -0.1) is 0 Å². The van der Waals surface area contributed by atoms with Crippen molar-refractivity contribution in [2.75, 3.05) is 0 Å². The predicted molar refractivity (Wildman–Crippen MR) is 63.9 cm³/mol. The van der Waals surface area contributed by atoms with Gasteiger partial charge in [-0.3, -0.25) is 0 Å². The second-order valence-electron chi connectivity index (χ2n) is 4.01. The number of pyridine rings is 1. The lowest BCUT2D eigenvalue weighted by Crippen LogP contribution is -2.07. The van der Waals surface area contributed by atoms with E-state index in [1.165, 1.54) is 16.9 Å². The molecule has 1 aromatic carbocycles. The van der Waals surface area contributed by atoms with Crippen LogP contribution in [0.1, 0.15) is 5.69 Å². The van der Waals surface area contributed by atoms with E-state index in [4.69, 9.17) is 0 Å². The average Bonchev–Trinajstić information content (AvgIpc) is 2.81. The highest BCUT2D eigenvalue weighted by Crippen LogP contribution is 2.28. The molecule has 96 valence electrons. The molecular formula is C13H8F3N3. The normalized spacial score (nSPS) is 11.9. The summed E-state index contributed by atoms with van der Waals surface area (Å²) in [5.41, 5.74) is 0.511. The van der Waals surface area contributed by atoms with Gasteiger partial charge in [0, 0.05) is 0 Å². The van der Waals surface area contributed by atoms with Gasteiger partial charge >= 0.3 is 6.18 Å². The van der Waals surface area contributed by atoms with E-state index in [9.17, 15) is 13.2 Å². The van der Waals surface area contributed by atoms with E-state index in [2.05, 4.69) is 10.1 Å². The van der Waals surface area contributed by atoms with Crippen molar-refractivity contribution < 1.29 is 13.2 Å². The fourth-order valence-electron chi connectivity index (χ4n) is 1.78. The van der Waals surface area contributed by atoms with Gasteiger partial charge < -0.3 is 0 Å². The van der Waals surface area contributed by atoms with Gasteiger partial charge in [0.2, 0.25) is 0 Å². The van der Waals surface area contributed by atoms with Crippen molar-refractivity contribution in [3.8, 4) is 5.69 Å². The van der Waals surface area contributed by atoms with Crippen LogP contribution in [0.3, 0.4) is 0 Å². The molecule has 0 aliphatic rings. The van der Waals surface area contributed by atoms with Crippen LogP contribution in [0.2, 0.25) is 0 Å². The Kier molecular flexibility index (Phi) is 2.51. The molecule has 19 heavy (non-hydrogen) atoms. The number of rotatable bonds is 1. The minimum atomic E-state index is -4.44. The van der Waals surface area contributed by atoms with Gasteiger partial charge in [-0.25, -0.2) is 9.67 Å². The predicted octanol–water partition coefficient (Wildman–Crippen LogP) is 3.44. The lowest BCUT2D eigenvalue weighted by atomic mass is 10.3. The first-order valence-corrected chi connectivity index (χ1v) is 5.53. The molecule has 3 nitrogen and oxygen atoms in total. The lowest BCUT2D eigenvalue weighted by Gasteiger charge is -2.03. The van der Waals surface area contributed by atoms with Crippen LogP contribution in [0.5, 0.6) is 0 Å². The van der Waals surface area contributed by atoms with Crippen LogP contribution in [0.4, 0.5) is 13.2 Å². The maximum Gasteiger partial charge on any atom is 0.433 e. The molecule has 0 N–H and O–H groups in total. The Morgan fingerprint density at radius 3 is 2.32 bits per heavy atom. The first-order chi connectivity index (χ1) is 9.04. The number of aromatic nitrogens is 3. The maximum absolute atomic E-state index is 12.6. The molecule has 0 saturated heterocycles. The molecule has 3 aromatic rings. The largest absolute Gasteiger partial charge is 0.433 e. The first kappa shape index (κ1) is 11.7. The van der Waals surface area contributed by atoms with Crippen molar-refractivity contribution in [1.82, 2.24) is 14.8 Å². The first-order valence-electron chi connectivity index (χ1n) is 5.53. The third kappa shape index (κ3) is 2.16. The van der Waals surface area contributed by atoms with Crippen molar-refractivity contribution in [1.29, 1.82) is 0 Å². The van der Waals surface area contributed by atoms with Crippen molar-refractivity contribution >= 4 is 11.0 Å². The summed E-state index contributed by atoms with van der Waals surface area (Å²) >= 11 is 0. The SMILES string of the molecule is FC(F)(F)c1ccc2nn(-c3ccccc3)cc2n1. The van der Waals surface area contributed by atoms with E-state index < -0.39 is 11.9 Å². The summed E-state index contributed by atoms with van der Waals surface area (Å²) in [6, 6.07) is 11.4. The highest BCUT2D eigenvalue weighted by Gasteiger charge is 2.32. The number of hydrogen-bond acceptors (Lipinski definition) is 2. The molecule has 0 aliphatic carbocycles. The van der Waals surface area contributed by atoms with Crippen molar-refractivity contribution in [2.45, 2.75) is 6.18 Å². The zero-order valence-electron chi connectivity index (χ0n) is 9.59. The molecule has 0 spiro atoms. The molecule has 2 heterocycles. The third-order valence-corrected chi connectivity index (χ3v) is 2.67. The van der Waals surface area contributed by atoms with Crippen LogP contribution < -0.4 is 0 Å². The summed E-state index contributed by atoms with van der Waals surface area (Å²) in [7, 11) is 0. The average molecular weight is 263 g/mol. The Morgan fingerprint density at radius 2 is 1.63 bits per heavy atom. The minimum Gasteiger partial charge on any atom is -0.240 e. The van der Waals surface area contributed by atoms with Crippen LogP contribution in [-0.4, -0.2) is 14.8 Å². The van der Waals surface area contributed by atoms with Crippen molar-refractivity contribution in [3.05, 3.63) is 54.4 Å². The number of halogens is 3. The van der Waals surface area contributed by atoms with Crippen LogP contribution >= 0.6 is 0 Å². The summed E-state index contributed by atoms with van der Waals surface area (Å²) in [6.45, 7) is 0. The second kappa shape index (κ2) is 4.08. The van der Waals surface area contributed by atoms with Gasteiger partial charge in [0.05, 0.1) is 11.9 Å². The van der Waals surface area contributed by atoms with Gasteiger partial charge in [0.1, 0.15) is 16.7 Å². The molecule has 0 fully saturated rings. The summed E-state index contributed by atoms with van der Waals surface area (Å²) in [5.74, 6) is 0. The quantitative estimate of drug-likeness (QED) is 0.673. The zero-order chi connectivity index (χ0) is 13.5. The smallest absolute Gasteiger partial charge is 0.240 e. The van der Waals surface area contributed by atoms with Crippen molar-refractivity contribution in [2.24, 2.45) is 0 Å². The van der Waals surface area contributed by atoms with Crippen LogP contribution in [-0.2, 0) is 6.18 Å². The van der Waals surface area contributed by atoms with E-state index in [0.29, 0.717) is 5.52 Å². The lowest BCUT2D eigenvalue weighted by molar-refractivity contribution is -0.140. The molecule has 0 saturated carbocycles. The molecular weight excluding hydrogens is 255 g/mol. The number of hydrogen-bond donors (Lipinski definition) is 0. The Balaban J connectivity index is 2.12. The van der Waals surface area contributed by atoms with E-state index in [1.54, 1.807) is 0 Å². The Labute approximate surface area is 106 Å². The third-order valence-electron chi connectivity index (χ3n) is 2.67. The highest BCUT2D eigenvalue weighted by atomic mass is 19.4. The zero-order valence-corrected chi connectivity index (χ0v) is 9.59. The molecule has 3 rings (SSSR count). The Bertz CT molecular complexity index is 717. The summed E-state index contributed by atoms with van der Waals surface area (Å²) in [6.07, 6.45) is -2.96. The van der Waals surface area contributed by atoms with E-state index >= 15 is 0 Å². The van der Waals surface area contributed by atoms with Gasteiger partial charge in [-0.1, -0.05) is 18.2 Å². The highest BCUT2D eigenvalue weighted by molar-refractivity contribution is 5.74. The summed E-state index contributed by atoms with van der Waals surface area (Å²) in [5, 5.41) is 4.19. The molecule has 2 aromatic heterocycles. The maximum atomic E-state index is 12.6. The molecule has 0 atom stereocenters. The number of alkyl halides is 3. The van der Waals surface area contributed by atoms with Crippen LogP contribution in [0, 0.1) is 0 Å². The van der Waals surface area contributed by atoms with E-state index in [1.807, 2.05) is 30.3 Å². The molecule has 0 radical (unpaired) electrons. The summed E-state index contributed by atoms with van der Waals surface area (Å²) < 4.78 is 39.2.